The van der Waals surface area contributed by atoms with E-state index in [1.165, 1.54) is 24.3 Å². The molecule has 0 spiro atoms. The lowest BCUT2D eigenvalue weighted by Gasteiger charge is -2.21. The topological polar surface area (TPSA) is 56.5 Å². The maximum absolute atomic E-state index is 12.8. The van der Waals surface area contributed by atoms with Gasteiger partial charge < -0.3 is 9.84 Å². The SMILES string of the molecule is CN(Cc1cccc(C#N)c1)C[C@H](O)COc1ccc(F)cc1. The van der Waals surface area contributed by atoms with Gasteiger partial charge in [0, 0.05) is 13.1 Å². The minimum absolute atomic E-state index is 0.133. The van der Waals surface area contributed by atoms with E-state index >= 15 is 0 Å². The van der Waals surface area contributed by atoms with Gasteiger partial charge in [0.05, 0.1) is 11.6 Å². The summed E-state index contributed by atoms with van der Waals surface area (Å²) in [6, 6.07) is 15.2. The maximum atomic E-state index is 12.8. The van der Waals surface area contributed by atoms with Gasteiger partial charge in [0.25, 0.3) is 0 Å². The first-order chi connectivity index (χ1) is 11.1. The number of benzene rings is 2. The molecule has 0 aliphatic rings. The number of rotatable bonds is 7. The number of hydrogen-bond acceptors (Lipinski definition) is 4. The molecular weight excluding hydrogens is 295 g/mol. The third kappa shape index (κ3) is 5.70. The predicted molar refractivity (Wildman–Crippen MR) is 85.4 cm³/mol. The second kappa shape index (κ2) is 8.28. The first-order valence-electron chi connectivity index (χ1n) is 7.31. The maximum Gasteiger partial charge on any atom is 0.123 e. The summed E-state index contributed by atoms with van der Waals surface area (Å²) in [7, 11) is 1.89. The van der Waals surface area contributed by atoms with Crippen LogP contribution < -0.4 is 4.74 Å². The van der Waals surface area contributed by atoms with Gasteiger partial charge in [-0.1, -0.05) is 12.1 Å². The van der Waals surface area contributed by atoms with Crippen molar-refractivity contribution < 1.29 is 14.2 Å². The third-order valence-corrected chi connectivity index (χ3v) is 3.29. The van der Waals surface area contributed by atoms with Gasteiger partial charge in [-0.2, -0.15) is 5.26 Å². The molecule has 0 aromatic heterocycles. The van der Waals surface area contributed by atoms with Crippen molar-refractivity contribution in [3.63, 3.8) is 0 Å². The molecular formula is C18H19FN2O2. The minimum Gasteiger partial charge on any atom is -0.491 e. The third-order valence-electron chi connectivity index (χ3n) is 3.29. The Morgan fingerprint density at radius 1 is 1.26 bits per heavy atom. The average Bonchev–Trinajstić information content (AvgIpc) is 2.54. The molecule has 4 nitrogen and oxygen atoms in total. The molecule has 1 atom stereocenters. The van der Waals surface area contributed by atoms with Crippen LogP contribution in [0.25, 0.3) is 0 Å². The molecule has 2 aromatic rings. The summed E-state index contributed by atoms with van der Waals surface area (Å²) in [6.45, 7) is 1.19. The van der Waals surface area contributed by atoms with Crippen molar-refractivity contribution in [2.75, 3.05) is 20.2 Å². The van der Waals surface area contributed by atoms with Crippen molar-refractivity contribution in [2.45, 2.75) is 12.6 Å². The normalized spacial score (nSPS) is 12.0. The van der Waals surface area contributed by atoms with Crippen LogP contribution in [0.2, 0.25) is 0 Å². The molecule has 2 aromatic carbocycles. The van der Waals surface area contributed by atoms with Crippen molar-refractivity contribution in [1.82, 2.24) is 4.90 Å². The van der Waals surface area contributed by atoms with Crippen molar-refractivity contribution in [1.29, 1.82) is 5.26 Å². The monoisotopic (exact) mass is 314 g/mol. The molecule has 120 valence electrons. The Kier molecular flexibility index (Phi) is 6.10. The molecule has 0 radical (unpaired) electrons. The summed E-state index contributed by atoms with van der Waals surface area (Å²) in [4.78, 5) is 1.95. The summed E-state index contributed by atoms with van der Waals surface area (Å²) < 4.78 is 18.2. The summed E-state index contributed by atoms with van der Waals surface area (Å²) in [5.41, 5.74) is 1.63. The highest BCUT2D eigenvalue weighted by Crippen LogP contribution is 2.12. The molecule has 0 aliphatic carbocycles. The number of hydrogen-bond donors (Lipinski definition) is 1. The van der Waals surface area contributed by atoms with E-state index in [-0.39, 0.29) is 12.4 Å². The molecule has 0 unspecified atom stereocenters. The number of halogens is 1. The van der Waals surface area contributed by atoms with E-state index < -0.39 is 6.10 Å². The van der Waals surface area contributed by atoms with E-state index in [4.69, 9.17) is 10.00 Å². The number of aliphatic hydroxyl groups excluding tert-OH is 1. The summed E-state index contributed by atoms with van der Waals surface area (Å²) >= 11 is 0. The van der Waals surface area contributed by atoms with E-state index in [0.717, 1.165) is 5.56 Å². The molecule has 0 aliphatic heterocycles. The van der Waals surface area contributed by atoms with Gasteiger partial charge in [0.1, 0.15) is 24.3 Å². The standard InChI is InChI=1S/C18H19FN2O2/c1-21(11-15-4-2-3-14(9-15)10-20)12-17(22)13-23-18-7-5-16(19)6-8-18/h2-9,17,22H,11-13H2,1H3/t17-/m0/s1. The smallest absolute Gasteiger partial charge is 0.123 e. The fourth-order valence-corrected chi connectivity index (χ4v) is 2.25. The van der Waals surface area contributed by atoms with Crippen molar-refractivity contribution >= 4 is 0 Å². The van der Waals surface area contributed by atoms with Gasteiger partial charge in [-0.15, -0.1) is 0 Å². The lowest BCUT2D eigenvalue weighted by Crippen LogP contribution is -2.32. The zero-order chi connectivity index (χ0) is 16.7. The van der Waals surface area contributed by atoms with Gasteiger partial charge in [-0.25, -0.2) is 4.39 Å². The zero-order valence-electron chi connectivity index (χ0n) is 12.9. The minimum atomic E-state index is -0.663. The molecule has 0 bridgehead atoms. The predicted octanol–water partition coefficient (Wildman–Crippen LogP) is 2.57. The zero-order valence-corrected chi connectivity index (χ0v) is 12.9. The Hall–Kier alpha value is -2.42. The Bertz CT molecular complexity index is 667. The molecule has 23 heavy (non-hydrogen) atoms. The summed E-state index contributed by atoms with van der Waals surface area (Å²) in [5.74, 6) is 0.201. The second-order valence-electron chi connectivity index (χ2n) is 5.43. The second-order valence-corrected chi connectivity index (χ2v) is 5.43. The van der Waals surface area contributed by atoms with Gasteiger partial charge in [0.15, 0.2) is 0 Å². The number of likely N-dealkylation sites (N-methyl/N-ethyl adjacent to an activating group) is 1. The van der Waals surface area contributed by atoms with Crippen molar-refractivity contribution in [3.05, 3.63) is 65.5 Å². The first-order valence-corrected chi connectivity index (χ1v) is 7.31. The largest absolute Gasteiger partial charge is 0.491 e. The van der Waals surface area contributed by atoms with Gasteiger partial charge in [0.2, 0.25) is 0 Å². The summed E-state index contributed by atoms with van der Waals surface area (Å²) in [6.07, 6.45) is -0.663. The Morgan fingerprint density at radius 3 is 2.70 bits per heavy atom. The summed E-state index contributed by atoms with van der Waals surface area (Å²) in [5, 5.41) is 18.9. The quantitative estimate of drug-likeness (QED) is 0.853. The highest BCUT2D eigenvalue weighted by atomic mass is 19.1. The first kappa shape index (κ1) is 16.9. The van der Waals surface area contributed by atoms with E-state index in [0.29, 0.717) is 24.4 Å². The molecule has 0 fully saturated rings. The molecule has 5 heteroatoms. The fraction of sp³-hybridized carbons (Fsp3) is 0.278. The van der Waals surface area contributed by atoms with Crippen molar-refractivity contribution in [3.8, 4) is 11.8 Å². The van der Waals surface area contributed by atoms with Crippen LogP contribution in [-0.2, 0) is 6.54 Å². The molecule has 0 saturated heterocycles. The van der Waals surface area contributed by atoms with Crippen LogP contribution in [0.5, 0.6) is 5.75 Å². The Balaban J connectivity index is 1.78. The van der Waals surface area contributed by atoms with E-state index in [1.807, 2.05) is 30.1 Å². The van der Waals surface area contributed by atoms with Crippen molar-refractivity contribution in [2.24, 2.45) is 0 Å². The molecule has 1 N–H and O–H groups in total. The Labute approximate surface area is 135 Å². The van der Waals surface area contributed by atoms with Crippen LogP contribution in [0.15, 0.2) is 48.5 Å². The van der Waals surface area contributed by atoms with Crippen LogP contribution in [0.3, 0.4) is 0 Å². The van der Waals surface area contributed by atoms with Gasteiger partial charge in [-0.3, -0.25) is 4.90 Å². The highest BCUT2D eigenvalue weighted by molar-refractivity contribution is 5.32. The van der Waals surface area contributed by atoms with Crippen LogP contribution in [-0.4, -0.2) is 36.3 Å². The number of aliphatic hydroxyl groups is 1. The lowest BCUT2D eigenvalue weighted by atomic mass is 10.1. The van der Waals surface area contributed by atoms with E-state index in [2.05, 4.69) is 6.07 Å². The van der Waals surface area contributed by atoms with Crippen LogP contribution in [0.1, 0.15) is 11.1 Å². The highest BCUT2D eigenvalue weighted by Gasteiger charge is 2.10. The number of nitrogens with zero attached hydrogens (tertiary/aromatic N) is 2. The van der Waals surface area contributed by atoms with E-state index in [9.17, 15) is 9.50 Å². The van der Waals surface area contributed by atoms with Crippen LogP contribution in [0.4, 0.5) is 4.39 Å². The van der Waals surface area contributed by atoms with Crippen LogP contribution >= 0.6 is 0 Å². The molecule has 0 amide bonds. The average molecular weight is 314 g/mol. The van der Waals surface area contributed by atoms with Gasteiger partial charge >= 0.3 is 0 Å². The fourth-order valence-electron chi connectivity index (χ4n) is 2.25. The van der Waals surface area contributed by atoms with Crippen LogP contribution in [0, 0.1) is 17.1 Å². The van der Waals surface area contributed by atoms with Gasteiger partial charge in [-0.05, 0) is 49.0 Å². The number of ether oxygens (including phenoxy) is 1. The molecule has 0 saturated carbocycles. The number of nitriles is 1. The Morgan fingerprint density at radius 2 is 2.00 bits per heavy atom. The molecule has 2 rings (SSSR count). The molecule has 0 heterocycles. The lowest BCUT2D eigenvalue weighted by molar-refractivity contribution is 0.0743. The van der Waals surface area contributed by atoms with E-state index in [1.54, 1.807) is 6.07 Å².